The highest BCUT2D eigenvalue weighted by atomic mass is 16.2. The molecule has 3 rings (SSSR count). The Morgan fingerprint density at radius 3 is 2.82 bits per heavy atom. The van der Waals surface area contributed by atoms with Crippen LogP contribution in [0, 0.1) is 17.3 Å². The summed E-state index contributed by atoms with van der Waals surface area (Å²) in [6.07, 6.45) is 5.33. The Hall–Kier alpha value is -1.91. The largest absolute Gasteiger partial charge is 0.352 e. The molecule has 2 fully saturated rings. The summed E-state index contributed by atoms with van der Waals surface area (Å²) in [7, 11) is 0. The summed E-state index contributed by atoms with van der Waals surface area (Å²) in [5, 5.41) is 3.01. The van der Waals surface area contributed by atoms with Gasteiger partial charge in [-0.1, -0.05) is 13.8 Å². The minimum atomic E-state index is 0.0351. The Bertz CT molecular complexity index is 573. The fourth-order valence-corrected chi connectivity index (χ4v) is 3.43. The summed E-state index contributed by atoms with van der Waals surface area (Å²) in [4.78, 5) is 30.3. The average Bonchev–Trinajstić information content (AvgIpc) is 3.06. The van der Waals surface area contributed by atoms with Crippen LogP contribution in [0.25, 0.3) is 0 Å². The molecule has 1 saturated heterocycles. The van der Waals surface area contributed by atoms with Crippen LogP contribution in [0.15, 0.2) is 24.5 Å². The lowest BCUT2D eigenvalue weighted by atomic mass is 10.0. The molecule has 1 aliphatic carbocycles. The Morgan fingerprint density at radius 1 is 1.41 bits per heavy atom. The van der Waals surface area contributed by atoms with E-state index in [0.29, 0.717) is 6.54 Å². The maximum absolute atomic E-state index is 12.3. The van der Waals surface area contributed by atoms with Crippen LogP contribution >= 0.6 is 0 Å². The van der Waals surface area contributed by atoms with Gasteiger partial charge in [-0.2, -0.15) is 0 Å². The molecule has 1 aromatic rings. The Balaban J connectivity index is 1.51. The molecule has 5 nitrogen and oxygen atoms in total. The van der Waals surface area contributed by atoms with Gasteiger partial charge in [0.1, 0.15) is 0 Å². The number of aromatic nitrogens is 1. The summed E-state index contributed by atoms with van der Waals surface area (Å²) in [6, 6.07) is 3.81. The van der Waals surface area contributed by atoms with Crippen molar-refractivity contribution in [2.24, 2.45) is 17.3 Å². The first-order valence-electron chi connectivity index (χ1n) is 7.97. The van der Waals surface area contributed by atoms with Gasteiger partial charge >= 0.3 is 0 Å². The van der Waals surface area contributed by atoms with Crippen molar-refractivity contribution >= 4 is 11.8 Å². The molecule has 1 aliphatic heterocycles. The van der Waals surface area contributed by atoms with Crippen molar-refractivity contribution in [3.63, 3.8) is 0 Å². The number of nitrogens with zero attached hydrogens (tertiary/aromatic N) is 2. The predicted molar refractivity (Wildman–Crippen MR) is 82.7 cm³/mol. The summed E-state index contributed by atoms with van der Waals surface area (Å²) < 4.78 is 0. The number of rotatable bonds is 4. The zero-order valence-corrected chi connectivity index (χ0v) is 13.2. The number of hydrogen-bond acceptors (Lipinski definition) is 3. The molecule has 2 unspecified atom stereocenters. The molecule has 1 N–H and O–H groups in total. The quantitative estimate of drug-likeness (QED) is 0.918. The van der Waals surface area contributed by atoms with Gasteiger partial charge in [-0.25, -0.2) is 0 Å². The molecule has 1 saturated carbocycles. The maximum Gasteiger partial charge on any atom is 0.225 e. The Kier molecular flexibility index (Phi) is 3.89. The van der Waals surface area contributed by atoms with Gasteiger partial charge in [0.05, 0.1) is 0 Å². The van der Waals surface area contributed by atoms with Crippen molar-refractivity contribution < 1.29 is 9.59 Å². The standard InChI is InChI=1S/C17H23N3O2/c1-12(2)16(22)20-8-5-17(11-20)9-14(17)15(21)19-10-13-3-6-18-7-4-13/h3-4,6-7,12,14H,5,8-11H2,1-2H3,(H,19,21). The van der Waals surface area contributed by atoms with E-state index in [1.54, 1.807) is 12.4 Å². The molecule has 118 valence electrons. The van der Waals surface area contributed by atoms with Gasteiger partial charge < -0.3 is 10.2 Å². The van der Waals surface area contributed by atoms with Crippen molar-refractivity contribution in [3.8, 4) is 0 Å². The highest BCUT2D eigenvalue weighted by Gasteiger charge is 2.61. The molecule has 2 aliphatic rings. The van der Waals surface area contributed by atoms with Gasteiger partial charge in [0.15, 0.2) is 0 Å². The second-order valence-electron chi connectivity index (χ2n) is 6.86. The third-order valence-electron chi connectivity index (χ3n) is 4.91. The summed E-state index contributed by atoms with van der Waals surface area (Å²) in [5.41, 5.74) is 1.11. The number of carbonyl (C=O) groups is 2. The number of amides is 2. The SMILES string of the molecule is CC(C)C(=O)N1CCC2(CC2C(=O)NCc2ccncc2)C1. The molecule has 0 aromatic carbocycles. The smallest absolute Gasteiger partial charge is 0.225 e. The van der Waals surface area contributed by atoms with Crippen LogP contribution in [0.2, 0.25) is 0 Å². The van der Waals surface area contributed by atoms with Gasteiger partial charge in [-0.3, -0.25) is 14.6 Å². The lowest BCUT2D eigenvalue weighted by molar-refractivity contribution is -0.133. The molecular formula is C17H23N3O2. The van der Waals surface area contributed by atoms with E-state index in [2.05, 4.69) is 10.3 Å². The molecule has 0 radical (unpaired) electrons. The van der Waals surface area contributed by atoms with Crippen molar-refractivity contribution in [2.75, 3.05) is 13.1 Å². The van der Waals surface area contributed by atoms with Crippen molar-refractivity contribution in [2.45, 2.75) is 33.2 Å². The van der Waals surface area contributed by atoms with Crippen LogP contribution in [0.1, 0.15) is 32.3 Å². The topological polar surface area (TPSA) is 62.3 Å². The fourth-order valence-electron chi connectivity index (χ4n) is 3.43. The van der Waals surface area contributed by atoms with Crippen molar-refractivity contribution in [1.29, 1.82) is 0 Å². The van der Waals surface area contributed by atoms with E-state index < -0.39 is 0 Å². The van der Waals surface area contributed by atoms with E-state index in [4.69, 9.17) is 0 Å². The summed E-state index contributed by atoms with van der Waals surface area (Å²) in [5.74, 6) is 0.433. The highest BCUT2D eigenvalue weighted by Crippen LogP contribution is 2.58. The highest BCUT2D eigenvalue weighted by molar-refractivity contribution is 5.84. The van der Waals surface area contributed by atoms with E-state index in [1.165, 1.54) is 0 Å². The van der Waals surface area contributed by atoms with Crippen LogP contribution < -0.4 is 5.32 Å². The molecule has 1 spiro atoms. The Labute approximate surface area is 131 Å². The van der Waals surface area contributed by atoms with E-state index in [0.717, 1.165) is 31.5 Å². The Morgan fingerprint density at radius 2 is 2.14 bits per heavy atom. The van der Waals surface area contributed by atoms with Crippen LogP contribution in [0.4, 0.5) is 0 Å². The van der Waals surface area contributed by atoms with Crippen molar-refractivity contribution in [1.82, 2.24) is 15.2 Å². The second-order valence-corrected chi connectivity index (χ2v) is 6.86. The first-order chi connectivity index (χ1) is 10.5. The van der Waals surface area contributed by atoms with E-state index >= 15 is 0 Å². The maximum atomic E-state index is 12.3. The number of carbonyl (C=O) groups excluding carboxylic acids is 2. The second kappa shape index (κ2) is 5.71. The lowest BCUT2D eigenvalue weighted by Crippen LogP contribution is -2.33. The first kappa shape index (κ1) is 15.0. The zero-order chi connectivity index (χ0) is 15.7. The number of hydrogen-bond donors (Lipinski definition) is 1. The molecule has 22 heavy (non-hydrogen) atoms. The molecule has 0 bridgehead atoms. The van der Waals surface area contributed by atoms with Crippen LogP contribution in [0.5, 0.6) is 0 Å². The normalized spacial score (nSPS) is 26.5. The van der Waals surface area contributed by atoms with E-state index in [1.807, 2.05) is 30.9 Å². The summed E-state index contributed by atoms with van der Waals surface area (Å²) >= 11 is 0. The molecule has 5 heteroatoms. The first-order valence-corrected chi connectivity index (χ1v) is 7.97. The van der Waals surface area contributed by atoms with Crippen molar-refractivity contribution in [3.05, 3.63) is 30.1 Å². The molecular weight excluding hydrogens is 278 g/mol. The molecule has 2 atom stereocenters. The van der Waals surface area contributed by atoms with Gasteiger partial charge in [-0.15, -0.1) is 0 Å². The van der Waals surface area contributed by atoms with E-state index in [9.17, 15) is 9.59 Å². The van der Waals surface area contributed by atoms with Gasteiger partial charge in [0.2, 0.25) is 11.8 Å². The number of likely N-dealkylation sites (tertiary alicyclic amines) is 1. The fraction of sp³-hybridized carbons (Fsp3) is 0.588. The third kappa shape index (κ3) is 2.85. The monoisotopic (exact) mass is 301 g/mol. The van der Waals surface area contributed by atoms with Gasteiger partial charge in [0, 0.05) is 49.3 Å². The lowest BCUT2D eigenvalue weighted by Gasteiger charge is -2.18. The van der Waals surface area contributed by atoms with Crippen LogP contribution in [0.3, 0.4) is 0 Å². The van der Waals surface area contributed by atoms with Gasteiger partial charge in [-0.05, 0) is 30.5 Å². The van der Waals surface area contributed by atoms with Crippen LogP contribution in [-0.4, -0.2) is 34.8 Å². The molecule has 2 heterocycles. The van der Waals surface area contributed by atoms with E-state index in [-0.39, 0.29) is 29.1 Å². The number of pyridine rings is 1. The molecule has 1 aromatic heterocycles. The van der Waals surface area contributed by atoms with Crippen LogP contribution in [-0.2, 0) is 16.1 Å². The summed E-state index contributed by atoms with van der Waals surface area (Å²) in [6.45, 7) is 5.95. The average molecular weight is 301 g/mol. The minimum Gasteiger partial charge on any atom is -0.352 e. The minimum absolute atomic E-state index is 0.0351. The molecule has 2 amide bonds. The van der Waals surface area contributed by atoms with Gasteiger partial charge in [0.25, 0.3) is 0 Å². The number of nitrogens with one attached hydrogen (secondary N) is 1. The third-order valence-corrected chi connectivity index (χ3v) is 4.91. The zero-order valence-electron chi connectivity index (χ0n) is 13.2. The predicted octanol–water partition coefficient (Wildman–Crippen LogP) is 1.59.